The highest BCUT2D eigenvalue weighted by molar-refractivity contribution is 6.08. The number of nitrogens with zero attached hydrogens (tertiary/aromatic N) is 3. The quantitative estimate of drug-likeness (QED) is 0.451. The molecule has 0 fully saturated rings. The number of para-hydroxylation sites is 1. The van der Waals surface area contributed by atoms with Gasteiger partial charge in [-0.2, -0.15) is 5.10 Å². The minimum absolute atomic E-state index is 0.216. The van der Waals surface area contributed by atoms with Crippen molar-refractivity contribution < 1.29 is 4.79 Å². The summed E-state index contributed by atoms with van der Waals surface area (Å²) >= 11 is 0. The van der Waals surface area contributed by atoms with Crippen molar-refractivity contribution in [1.82, 2.24) is 14.8 Å². The molecule has 5 rings (SSSR count). The van der Waals surface area contributed by atoms with E-state index in [0.717, 1.165) is 27.7 Å². The molecule has 0 unspecified atom stereocenters. The molecule has 0 bridgehead atoms. The summed E-state index contributed by atoms with van der Waals surface area (Å²) in [6.07, 6.45) is 5.17. The Labute approximate surface area is 173 Å². The Morgan fingerprint density at radius 3 is 2.43 bits per heavy atom. The molecule has 0 aliphatic rings. The Morgan fingerprint density at radius 2 is 1.63 bits per heavy atom. The zero-order chi connectivity index (χ0) is 20.3. The van der Waals surface area contributed by atoms with E-state index < -0.39 is 0 Å². The van der Waals surface area contributed by atoms with Gasteiger partial charge in [0.25, 0.3) is 5.91 Å². The van der Waals surface area contributed by atoms with E-state index in [-0.39, 0.29) is 5.91 Å². The van der Waals surface area contributed by atoms with Gasteiger partial charge in [0.15, 0.2) is 0 Å². The van der Waals surface area contributed by atoms with Gasteiger partial charge in [0.1, 0.15) is 5.69 Å². The summed E-state index contributed by atoms with van der Waals surface area (Å²) in [7, 11) is 0. The van der Waals surface area contributed by atoms with Gasteiger partial charge in [-0.1, -0.05) is 48.5 Å². The van der Waals surface area contributed by atoms with E-state index in [1.807, 2.05) is 84.9 Å². The Morgan fingerprint density at radius 1 is 0.833 bits per heavy atom. The zero-order valence-electron chi connectivity index (χ0n) is 16.1. The smallest absolute Gasteiger partial charge is 0.259 e. The highest BCUT2D eigenvalue weighted by Gasteiger charge is 2.19. The van der Waals surface area contributed by atoms with Gasteiger partial charge in [-0.05, 0) is 47.2 Å². The lowest BCUT2D eigenvalue weighted by Gasteiger charge is -2.07. The van der Waals surface area contributed by atoms with Gasteiger partial charge in [-0.25, -0.2) is 4.68 Å². The van der Waals surface area contributed by atoms with Gasteiger partial charge in [-0.15, -0.1) is 0 Å². The van der Waals surface area contributed by atoms with Crippen LogP contribution in [0.3, 0.4) is 0 Å². The molecule has 5 nitrogen and oxygen atoms in total. The second-order valence-electron chi connectivity index (χ2n) is 6.93. The van der Waals surface area contributed by atoms with Crippen molar-refractivity contribution >= 4 is 22.4 Å². The SMILES string of the molecule is O=C(Nc1ccc2ccccc2c1)c1cn(-c2ccccc2)nc1-c1cccnc1. The van der Waals surface area contributed by atoms with Crippen LogP contribution in [0.25, 0.3) is 27.7 Å². The highest BCUT2D eigenvalue weighted by atomic mass is 16.1. The molecule has 5 aromatic rings. The lowest BCUT2D eigenvalue weighted by molar-refractivity contribution is 0.102. The second kappa shape index (κ2) is 7.64. The van der Waals surface area contributed by atoms with Crippen LogP contribution in [-0.2, 0) is 0 Å². The average Bonchev–Trinajstić information content (AvgIpc) is 3.26. The summed E-state index contributed by atoms with van der Waals surface area (Å²) < 4.78 is 1.72. The minimum atomic E-state index is -0.216. The van der Waals surface area contributed by atoms with Gasteiger partial charge in [0, 0.05) is 29.8 Å². The Hall–Kier alpha value is -4.25. The van der Waals surface area contributed by atoms with Crippen LogP contribution < -0.4 is 5.32 Å². The molecule has 0 spiro atoms. The first-order chi connectivity index (χ1) is 14.8. The van der Waals surface area contributed by atoms with Gasteiger partial charge >= 0.3 is 0 Å². The Bertz CT molecular complexity index is 1330. The Balaban J connectivity index is 1.54. The molecule has 0 atom stereocenters. The van der Waals surface area contributed by atoms with Crippen LogP contribution in [0.4, 0.5) is 5.69 Å². The van der Waals surface area contributed by atoms with Gasteiger partial charge in [-0.3, -0.25) is 9.78 Å². The summed E-state index contributed by atoms with van der Waals surface area (Å²) in [5.74, 6) is -0.216. The van der Waals surface area contributed by atoms with Crippen LogP contribution in [0.2, 0.25) is 0 Å². The number of rotatable bonds is 4. The van der Waals surface area contributed by atoms with Crippen LogP contribution >= 0.6 is 0 Å². The van der Waals surface area contributed by atoms with E-state index in [1.54, 1.807) is 23.3 Å². The fraction of sp³-hybridized carbons (Fsp3) is 0. The van der Waals surface area contributed by atoms with Crippen molar-refractivity contribution in [3.63, 3.8) is 0 Å². The van der Waals surface area contributed by atoms with Crippen molar-refractivity contribution in [2.75, 3.05) is 5.32 Å². The first kappa shape index (κ1) is 17.8. The third-order valence-corrected chi connectivity index (χ3v) is 4.92. The monoisotopic (exact) mass is 390 g/mol. The first-order valence-corrected chi connectivity index (χ1v) is 9.63. The number of amides is 1. The maximum Gasteiger partial charge on any atom is 0.259 e. The summed E-state index contributed by atoms with van der Waals surface area (Å²) in [6, 6.07) is 27.4. The number of pyridine rings is 1. The number of aromatic nitrogens is 3. The number of carbonyl (C=O) groups excluding carboxylic acids is 1. The molecular formula is C25H18N4O. The predicted molar refractivity (Wildman–Crippen MR) is 119 cm³/mol. The standard InChI is InChI=1S/C25H18N4O/c30-25(27-21-13-12-18-7-4-5-8-19(18)15-21)23-17-29(22-10-2-1-3-11-22)28-24(23)20-9-6-14-26-16-20/h1-17H,(H,27,30). The average molecular weight is 390 g/mol. The van der Waals surface area contributed by atoms with E-state index in [9.17, 15) is 4.79 Å². The van der Waals surface area contributed by atoms with Gasteiger partial charge in [0.2, 0.25) is 0 Å². The van der Waals surface area contributed by atoms with E-state index in [0.29, 0.717) is 11.3 Å². The molecule has 0 aliphatic carbocycles. The summed E-state index contributed by atoms with van der Waals surface area (Å²) in [5, 5.41) is 9.89. The molecule has 0 saturated heterocycles. The van der Waals surface area contributed by atoms with Crippen molar-refractivity contribution in [2.45, 2.75) is 0 Å². The molecule has 2 heterocycles. The summed E-state index contributed by atoms with van der Waals surface area (Å²) in [6.45, 7) is 0. The molecule has 0 aliphatic heterocycles. The molecule has 1 amide bonds. The Kier molecular flexibility index (Phi) is 4.54. The van der Waals surface area contributed by atoms with Crippen molar-refractivity contribution in [3.8, 4) is 16.9 Å². The largest absolute Gasteiger partial charge is 0.322 e. The molecule has 0 radical (unpaired) electrons. The minimum Gasteiger partial charge on any atom is -0.322 e. The third kappa shape index (κ3) is 3.44. The normalized spacial score (nSPS) is 10.8. The van der Waals surface area contributed by atoms with Crippen LogP contribution in [0, 0.1) is 0 Å². The maximum absolute atomic E-state index is 13.2. The predicted octanol–water partition coefficient (Wildman–Crippen LogP) is 5.34. The first-order valence-electron chi connectivity index (χ1n) is 9.63. The molecule has 0 saturated carbocycles. The third-order valence-electron chi connectivity index (χ3n) is 4.92. The summed E-state index contributed by atoms with van der Waals surface area (Å²) in [5.41, 5.74) is 3.48. The van der Waals surface area contributed by atoms with E-state index in [1.165, 1.54) is 0 Å². The lowest BCUT2D eigenvalue weighted by atomic mass is 10.1. The molecule has 2 aromatic heterocycles. The van der Waals surface area contributed by atoms with Crippen molar-refractivity contribution in [2.24, 2.45) is 0 Å². The summed E-state index contributed by atoms with van der Waals surface area (Å²) in [4.78, 5) is 17.4. The molecule has 3 aromatic carbocycles. The number of carbonyl (C=O) groups is 1. The number of anilines is 1. The van der Waals surface area contributed by atoms with Crippen LogP contribution in [0.1, 0.15) is 10.4 Å². The molecule has 30 heavy (non-hydrogen) atoms. The number of benzene rings is 3. The maximum atomic E-state index is 13.2. The number of fused-ring (bicyclic) bond motifs is 1. The van der Waals surface area contributed by atoms with Crippen molar-refractivity contribution in [3.05, 3.63) is 109 Å². The molecule has 1 N–H and O–H groups in total. The molecule has 144 valence electrons. The number of hydrogen-bond donors (Lipinski definition) is 1. The zero-order valence-corrected chi connectivity index (χ0v) is 16.1. The van der Waals surface area contributed by atoms with E-state index >= 15 is 0 Å². The second-order valence-corrected chi connectivity index (χ2v) is 6.93. The van der Waals surface area contributed by atoms with E-state index in [2.05, 4.69) is 15.4 Å². The highest BCUT2D eigenvalue weighted by Crippen LogP contribution is 2.25. The van der Waals surface area contributed by atoms with E-state index in [4.69, 9.17) is 0 Å². The fourth-order valence-corrected chi connectivity index (χ4v) is 3.43. The van der Waals surface area contributed by atoms with Crippen LogP contribution in [-0.4, -0.2) is 20.7 Å². The van der Waals surface area contributed by atoms with Gasteiger partial charge in [0.05, 0.1) is 11.3 Å². The number of hydrogen-bond acceptors (Lipinski definition) is 3. The number of nitrogens with one attached hydrogen (secondary N) is 1. The molecular weight excluding hydrogens is 372 g/mol. The van der Waals surface area contributed by atoms with Gasteiger partial charge < -0.3 is 5.32 Å². The fourth-order valence-electron chi connectivity index (χ4n) is 3.43. The molecule has 5 heteroatoms. The van der Waals surface area contributed by atoms with Crippen LogP contribution in [0.15, 0.2) is 104 Å². The van der Waals surface area contributed by atoms with Crippen molar-refractivity contribution in [1.29, 1.82) is 0 Å². The lowest BCUT2D eigenvalue weighted by Crippen LogP contribution is -2.12. The van der Waals surface area contributed by atoms with Crippen LogP contribution in [0.5, 0.6) is 0 Å². The topological polar surface area (TPSA) is 59.8 Å².